The molecule has 2 aromatic carbocycles. The van der Waals surface area contributed by atoms with Crippen LogP contribution in [0, 0.1) is 19.7 Å². The zero-order chi connectivity index (χ0) is 12.7. The molecule has 2 aromatic rings. The second kappa shape index (κ2) is 4.13. The van der Waals surface area contributed by atoms with Gasteiger partial charge in [0.05, 0.1) is 6.04 Å². The second-order valence-electron chi connectivity index (χ2n) is 4.98. The minimum absolute atomic E-state index is 0.0980. The fraction of sp³-hybridized carbons (Fsp3) is 0.250. The van der Waals surface area contributed by atoms with Crippen molar-refractivity contribution in [3.05, 3.63) is 64.5 Å². The monoisotopic (exact) mass is 241 g/mol. The van der Waals surface area contributed by atoms with Crippen LogP contribution in [0.25, 0.3) is 0 Å². The van der Waals surface area contributed by atoms with E-state index in [0.29, 0.717) is 0 Å². The Morgan fingerprint density at radius 3 is 2.56 bits per heavy atom. The number of halogens is 1. The third-order valence-corrected chi connectivity index (χ3v) is 3.75. The number of hydrogen-bond donors (Lipinski definition) is 1. The van der Waals surface area contributed by atoms with E-state index in [1.54, 1.807) is 6.07 Å². The fourth-order valence-corrected chi connectivity index (χ4v) is 2.73. The van der Waals surface area contributed by atoms with Crippen LogP contribution in [0.3, 0.4) is 0 Å². The van der Waals surface area contributed by atoms with E-state index in [2.05, 4.69) is 24.4 Å². The number of nitrogens with one attached hydrogen (secondary N) is 1. The summed E-state index contributed by atoms with van der Waals surface area (Å²) in [6.45, 7) is 4.12. The number of benzene rings is 2. The first-order valence-corrected chi connectivity index (χ1v) is 6.27. The minimum Gasteiger partial charge on any atom is -0.377 e. The predicted molar refractivity (Wildman–Crippen MR) is 72.4 cm³/mol. The Balaban J connectivity index is 2.01. The highest BCUT2D eigenvalue weighted by molar-refractivity contribution is 5.63. The highest BCUT2D eigenvalue weighted by Gasteiger charge is 2.26. The number of anilines is 1. The van der Waals surface area contributed by atoms with E-state index < -0.39 is 0 Å². The summed E-state index contributed by atoms with van der Waals surface area (Å²) in [5.41, 5.74) is 5.42. The van der Waals surface area contributed by atoms with E-state index >= 15 is 0 Å². The number of hydrogen-bond acceptors (Lipinski definition) is 1. The average Bonchev–Trinajstić information content (AvgIpc) is 2.80. The molecule has 0 spiro atoms. The quantitative estimate of drug-likeness (QED) is 0.790. The molecule has 1 nitrogen and oxygen atoms in total. The largest absolute Gasteiger partial charge is 0.377 e. The molecule has 0 bridgehead atoms. The van der Waals surface area contributed by atoms with Gasteiger partial charge in [-0.15, -0.1) is 0 Å². The standard InChI is InChI=1S/C16H16FN/c1-10-5-3-4-6-12(10)15-9-13-14(17)8-7-11(2)16(13)18-15/h3-8,15,18H,9H2,1-2H3. The molecule has 92 valence electrons. The van der Waals surface area contributed by atoms with Gasteiger partial charge in [0.1, 0.15) is 5.82 Å². The Kier molecular flexibility index (Phi) is 2.58. The lowest BCUT2D eigenvalue weighted by Crippen LogP contribution is -2.07. The molecule has 1 heterocycles. The van der Waals surface area contributed by atoms with Gasteiger partial charge in [0.2, 0.25) is 0 Å². The molecule has 0 saturated carbocycles. The van der Waals surface area contributed by atoms with Gasteiger partial charge >= 0.3 is 0 Å². The summed E-state index contributed by atoms with van der Waals surface area (Å²) >= 11 is 0. The molecule has 18 heavy (non-hydrogen) atoms. The molecule has 0 aromatic heterocycles. The average molecular weight is 241 g/mol. The van der Waals surface area contributed by atoms with Crippen LogP contribution in [-0.4, -0.2) is 0 Å². The van der Waals surface area contributed by atoms with Gasteiger partial charge < -0.3 is 5.32 Å². The topological polar surface area (TPSA) is 12.0 Å². The maximum atomic E-state index is 13.8. The molecule has 0 fully saturated rings. The molecule has 0 saturated heterocycles. The fourth-order valence-electron chi connectivity index (χ4n) is 2.73. The SMILES string of the molecule is Cc1ccccc1C1Cc2c(F)ccc(C)c2N1. The molecular weight excluding hydrogens is 225 g/mol. The first-order chi connectivity index (χ1) is 8.66. The summed E-state index contributed by atoms with van der Waals surface area (Å²) in [7, 11) is 0. The Morgan fingerprint density at radius 2 is 1.83 bits per heavy atom. The Hall–Kier alpha value is -1.83. The summed E-state index contributed by atoms with van der Waals surface area (Å²) in [5, 5.41) is 3.46. The van der Waals surface area contributed by atoms with Crippen LogP contribution in [0.4, 0.5) is 10.1 Å². The summed E-state index contributed by atoms with van der Waals surface area (Å²) in [5.74, 6) is -0.0980. The number of fused-ring (bicyclic) bond motifs is 1. The third kappa shape index (κ3) is 1.69. The molecule has 2 heteroatoms. The van der Waals surface area contributed by atoms with Crippen molar-refractivity contribution in [2.45, 2.75) is 26.3 Å². The van der Waals surface area contributed by atoms with Crippen LogP contribution < -0.4 is 5.32 Å². The van der Waals surface area contributed by atoms with Crippen molar-refractivity contribution in [1.29, 1.82) is 0 Å². The highest BCUT2D eigenvalue weighted by atomic mass is 19.1. The lowest BCUT2D eigenvalue weighted by atomic mass is 9.98. The molecule has 1 atom stereocenters. The van der Waals surface area contributed by atoms with Gasteiger partial charge in [0, 0.05) is 17.7 Å². The van der Waals surface area contributed by atoms with E-state index in [-0.39, 0.29) is 11.9 Å². The number of aryl methyl sites for hydroxylation is 2. The summed E-state index contributed by atoms with van der Waals surface area (Å²) in [6, 6.07) is 11.9. The zero-order valence-electron chi connectivity index (χ0n) is 10.6. The van der Waals surface area contributed by atoms with Crippen LogP contribution in [0.15, 0.2) is 36.4 Å². The maximum Gasteiger partial charge on any atom is 0.128 e. The molecular formula is C16H16FN. The Labute approximate surface area is 107 Å². The van der Waals surface area contributed by atoms with Crippen molar-refractivity contribution < 1.29 is 4.39 Å². The van der Waals surface area contributed by atoms with Gasteiger partial charge in [-0.1, -0.05) is 30.3 Å². The first kappa shape index (κ1) is 11.3. The van der Waals surface area contributed by atoms with Crippen molar-refractivity contribution >= 4 is 5.69 Å². The molecule has 0 radical (unpaired) electrons. The molecule has 1 aliphatic heterocycles. The Bertz CT molecular complexity index is 573. The van der Waals surface area contributed by atoms with Gasteiger partial charge in [-0.05, 0) is 36.6 Å². The van der Waals surface area contributed by atoms with Crippen molar-refractivity contribution in [1.82, 2.24) is 0 Å². The van der Waals surface area contributed by atoms with Crippen LogP contribution in [0.1, 0.15) is 28.3 Å². The van der Waals surface area contributed by atoms with E-state index in [1.807, 2.05) is 25.1 Å². The zero-order valence-corrected chi connectivity index (χ0v) is 10.6. The van der Waals surface area contributed by atoms with E-state index in [1.165, 1.54) is 11.1 Å². The second-order valence-corrected chi connectivity index (χ2v) is 4.98. The highest BCUT2D eigenvalue weighted by Crippen LogP contribution is 2.38. The van der Waals surface area contributed by atoms with E-state index in [9.17, 15) is 4.39 Å². The first-order valence-electron chi connectivity index (χ1n) is 6.27. The van der Waals surface area contributed by atoms with Gasteiger partial charge in [-0.25, -0.2) is 4.39 Å². The molecule has 0 amide bonds. The normalized spacial score (nSPS) is 17.4. The molecule has 0 aliphatic carbocycles. The van der Waals surface area contributed by atoms with Crippen molar-refractivity contribution in [2.24, 2.45) is 0 Å². The smallest absolute Gasteiger partial charge is 0.128 e. The van der Waals surface area contributed by atoms with Gasteiger partial charge in [-0.3, -0.25) is 0 Å². The van der Waals surface area contributed by atoms with Crippen molar-refractivity contribution in [3.8, 4) is 0 Å². The summed E-state index contributed by atoms with van der Waals surface area (Å²) in [6.07, 6.45) is 0.730. The molecule has 1 N–H and O–H groups in total. The minimum atomic E-state index is -0.0980. The maximum absolute atomic E-state index is 13.8. The molecule has 1 aliphatic rings. The number of rotatable bonds is 1. The lowest BCUT2D eigenvalue weighted by Gasteiger charge is -2.14. The van der Waals surface area contributed by atoms with Gasteiger partial charge in [-0.2, -0.15) is 0 Å². The van der Waals surface area contributed by atoms with Crippen LogP contribution in [0.2, 0.25) is 0 Å². The van der Waals surface area contributed by atoms with Crippen LogP contribution >= 0.6 is 0 Å². The van der Waals surface area contributed by atoms with Crippen molar-refractivity contribution in [2.75, 3.05) is 5.32 Å². The van der Waals surface area contributed by atoms with Gasteiger partial charge in [0.25, 0.3) is 0 Å². The summed E-state index contributed by atoms with van der Waals surface area (Å²) < 4.78 is 13.8. The molecule has 1 unspecified atom stereocenters. The van der Waals surface area contributed by atoms with Crippen LogP contribution in [-0.2, 0) is 6.42 Å². The van der Waals surface area contributed by atoms with Crippen LogP contribution in [0.5, 0.6) is 0 Å². The van der Waals surface area contributed by atoms with E-state index in [0.717, 1.165) is 23.2 Å². The molecule has 3 rings (SSSR count). The predicted octanol–water partition coefficient (Wildman–Crippen LogP) is 4.15. The van der Waals surface area contributed by atoms with Crippen molar-refractivity contribution in [3.63, 3.8) is 0 Å². The lowest BCUT2D eigenvalue weighted by molar-refractivity contribution is 0.609. The summed E-state index contributed by atoms with van der Waals surface area (Å²) in [4.78, 5) is 0. The third-order valence-electron chi connectivity index (χ3n) is 3.75. The Morgan fingerprint density at radius 1 is 1.06 bits per heavy atom. The van der Waals surface area contributed by atoms with Gasteiger partial charge in [0.15, 0.2) is 0 Å². The van der Waals surface area contributed by atoms with E-state index in [4.69, 9.17) is 0 Å².